The Morgan fingerprint density at radius 1 is 1.35 bits per heavy atom. The lowest BCUT2D eigenvalue weighted by Crippen LogP contribution is -2.46. The number of benzene rings is 1. The molecule has 1 aromatic heterocycles. The number of amides is 1. The summed E-state index contributed by atoms with van der Waals surface area (Å²) in [6.07, 6.45) is 3.40. The number of nitrogens with zero attached hydrogens (tertiary/aromatic N) is 4. The highest BCUT2D eigenvalue weighted by atomic mass is 19.1. The molecule has 3 rings (SSSR count). The fraction of sp³-hybridized carbons (Fsp3) is 0.438. The van der Waals surface area contributed by atoms with Crippen molar-refractivity contribution in [2.45, 2.75) is 32.1 Å². The molecule has 6 nitrogen and oxygen atoms in total. The van der Waals surface area contributed by atoms with E-state index in [2.05, 4.69) is 10.3 Å². The Kier molecular flexibility index (Phi) is 4.66. The van der Waals surface area contributed by atoms with E-state index in [1.165, 1.54) is 12.1 Å². The molecule has 7 heteroatoms. The number of aryl methyl sites for hydroxylation is 1. The Hall–Kier alpha value is -2.28. The van der Waals surface area contributed by atoms with Gasteiger partial charge in [-0.1, -0.05) is 17.3 Å². The fourth-order valence-electron chi connectivity index (χ4n) is 2.74. The van der Waals surface area contributed by atoms with Crippen LogP contribution in [-0.4, -0.2) is 45.0 Å². The van der Waals surface area contributed by atoms with Crippen molar-refractivity contribution in [3.05, 3.63) is 48.0 Å². The number of hydrogen-bond acceptors (Lipinski definition) is 4. The maximum absolute atomic E-state index is 13.1. The van der Waals surface area contributed by atoms with E-state index >= 15 is 0 Å². The van der Waals surface area contributed by atoms with Gasteiger partial charge in [0.05, 0.1) is 25.4 Å². The Labute approximate surface area is 133 Å². The van der Waals surface area contributed by atoms with Crippen molar-refractivity contribution in [2.75, 3.05) is 13.1 Å². The van der Waals surface area contributed by atoms with Crippen molar-refractivity contribution in [3.63, 3.8) is 0 Å². The van der Waals surface area contributed by atoms with Crippen LogP contribution in [0.15, 0.2) is 36.7 Å². The molecule has 1 amide bonds. The van der Waals surface area contributed by atoms with Gasteiger partial charge in [0.1, 0.15) is 11.9 Å². The number of hydrogen-bond donors (Lipinski definition) is 0. The van der Waals surface area contributed by atoms with Gasteiger partial charge >= 0.3 is 0 Å². The Morgan fingerprint density at radius 2 is 2.13 bits per heavy atom. The number of carbonyl (C=O) groups excluding carboxylic acids is 1. The van der Waals surface area contributed by atoms with Gasteiger partial charge in [0.2, 0.25) is 5.91 Å². The van der Waals surface area contributed by atoms with Crippen molar-refractivity contribution < 1.29 is 13.9 Å². The Balaban J connectivity index is 1.62. The van der Waals surface area contributed by atoms with E-state index in [0.29, 0.717) is 26.1 Å². The van der Waals surface area contributed by atoms with Crippen molar-refractivity contribution in [1.29, 1.82) is 0 Å². The summed E-state index contributed by atoms with van der Waals surface area (Å²) in [6, 6.07) is 6.23. The topological polar surface area (TPSA) is 60.2 Å². The average molecular weight is 318 g/mol. The molecule has 1 aromatic carbocycles. The minimum Gasteiger partial charge on any atom is -0.367 e. The van der Waals surface area contributed by atoms with Gasteiger partial charge in [0.25, 0.3) is 0 Å². The van der Waals surface area contributed by atoms with Crippen LogP contribution in [0.5, 0.6) is 0 Å². The van der Waals surface area contributed by atoms with Crippen LogP contribution in [0.3, 0.4) is 0 Å². The van der Waals surface area contributed by atoms with Gasteiger partial charge in [0, 0.05) is 19.2 Å². The molecule has 1 aliphatic rings. The van der Waals surface area contributed by atoms with Crippen LogP contribution in [0.4, 0.5) is 4.39 Å². The average Bonchev–Trinajstić information content (AvgIpc) is 3.06. The molecule has 0 N–H and O–H groups in total. The summed E-state index contributed by atoms with van der Waals surface area (Å²) in [5.41, 5.74) is 0.882. The van der Waals surface area contributed by atoms with E-state index in [1.807, 2.05) is 6.92 Å². The van der Waals surface area contributed by atoms with Crippen molar-refractivity contribution in [3.8, 4) is 0 Å². The van der Waals surface area contributed by atoms with Gasteiger partial charge in [-0.05, 0) is 24.6 Å². The maximum atomic E-state index is 13.1. The summed E-state index contributed by atoms with van der Waals surface area (Å²) in [6.45, 7) is 3.49. The SMILES string of the molecule is CC1CN(C(=O)CCn2ccnn2)CC(c2ccc(F)cc2)O1. The number of rotatable bonds is 4. The zero-order valence-corrected chi connectivity index (χ0v) is 12.9. The zero-order chi connectivity index (χ0) is 16.2. The maximum Gasteiger partial charge on any atom is 0.224 e. The monoisotopic (exact) mass is 318 g/mol. The summed E-state index contributed by atoms with van der Waals surface area (Å²) >= 11 is 0. The summed E-state index contributed by atoms with van der Waals surface area (Å²) < 4.78 is 20.6. The van der Waals surface area contributed by atoms with Gasteiger partial charge in [-0.15, -0.1) is 5.10 Å². The van der Waals surface area contributed by atoms with Gasteiger partial charge in [-0.3, -0.25) is 9.48 Å². The highest BCUT2D eigenvalue weighted by Gasteiger charge is 2.29. The Morgan fingerprint density at radius 3 is 2.83 bits per heavy atom. The Bertz CT molecular complexity index is 645. The second kappa shape index (κ2) is 6.87. The van der Waals surface area contributed by atoms with E-state index in [4.69, 9.17) is 4.74 Å². The first-order valence-corrected chi connectivity index (χ1v) is 7.64. The van der Waals surface area contributed by atoms with Gasteiger partial charge in [-0.2, -0.15) is 0 Å². The largest absolute Gasteiger partial charge is 0.367 e. The second-order valence-electron chi connectivity index (χ2n) is 5.70. The van der Waals surface area contributed by atoms with Gasteiger partial charge in [-0.25, -0.2) is 4.39 Å². The van der Waals surface area contributed by atoms with E-state index in [-0.39, 0.29) is 23.9 Å². The minimum absolute atomic E-state index is 0.0581. The summed E-state index contributed by atoms with van der Waals surface area (Å²) in [4.78, 5) is 14.2. The van der Waals surface area contributed by atoms with E-state index in [0.717, 1.165) is 5.56 Å². The molecule has 0 aliphatic carbocycles. The smallest absolute Gasteiger partial charge is 0.224 e. The van der Waals surface area contributed by atoms with Crippen LogP contribution in [0.25, 0.3) is 0 Å². The van der Waals surface area contributed by atoms with Crippen molar-refractivity contribution >= 4 is 5.91 Å². The lowest BCUT2D eigenvalue weighted by molar-refractivity contribution is -0.145. The molecular weight excluding hydrogens is 299 g/mol. The molecule has 0 bridgehead atoms. The molecule has 2 aromatic rings. The zero-order valence-electron chi connectivity index (χ0n) is 12.9. The lowest BCUT2D eigenvalue weighted by Gasteiger charge is -2.37. The molecule has 0 saturated carbocycles. The van der Waals surface area contributed by atoms with E-state index in [1.54, 1.807) is 34.1 Å². The first-order valence-electron chi connectivity index (χ1n) is 7.64. The second-order valence-corrected chi connectivity index (χ2v) is 5.70. The van der Waals surface area contributed by atoms with Crippen LogP contribution >= 0.6 is 0 Å². The van der Waals surface area contributed by atoms with E-state index in [9.17, 15) is 9.18 Å². The fourth-order valence-corrected chi connectivity index (χ4v) is 2.74. The first-order chi connectivity index (χ1) is 11.1. The number of halogens is 1. The van der Waals surface area contributed by atoms with Crippen LogP contribution < -0.4 is 0 Å². The number of aromatic nitrogens is 3. The predicted molar refractivity (Wildman–Crippen MR) is 80.9 cm³/mol. The molecule has 1 aliphatic heterocycles. The standard InChI is InChI=1S/C16H19FN4O2/c1-12-10-20(16(22)6-8-21-9-7-18-19-21)11-15(23-12)13-2-4-14(17)5-3-13/h2-5,7,9,12,15H,6,8,10-11H2,1H3. The third-order valence-electron chi connectivity index (χ3n) is 3.88. The first kappa shape index (κ1) is 15.6. The van der Waals surface area contributed by atoms with Crippen LogP contribution in [0, 0.1) is 5.82 Å². The predicted octanol–water partition coefficient (Wildman–Crippen LogP) is 1.80. The molecule has 0 spiro atoms. The summed E-state index contributed by atoms with van der Waals surface area (Å²) in [5.74, 6) is -0.221. The summed E-state index contributed by atoms with van der Waals surface area (Å²) in [7, 11) is 0. The van der Waals surface area contributed by atoms with Crippen LogP contribution in [-0.2, 0) is 16.1 Å². The summed E-state index contributed by atoms with van der Waals surface area (Å²) in [5, 5.41) is 7.58. The van der Waals surface area contributed by atoms with Crippen molar-refractivity contribution in [2.24, 2.45) is 0 Å². The molecule has 23 heavy (non-hydrogen) atoms. The molecule has 2 unspecified atom stereocenters. The van der Waals surface area contributed by atoms with Crippen LogP contribution in [0.1, 0.15) is 25.0 Å². The third kappa shape index (κ3) is 3.92. The minimum atomic E-state index is -0.279. The normalized spacial score (nSPS) is 21.4. The molecule has 2 atom stereocenters. The van der Waals surface area contributed by atoms with Crippen LogP contribution in [0.2, 0.25) is 0 Å². The lowest BCUT2D eigenvalue weighted by atomic mass is 10.1. The molecule has 2 heterocycles. The molecule has 0 radical (unpaired) electrons. The quantitative estimate of drug-likeness (QED) is 0.862. The molecular formula is C16H19FN4O2. The van der Waals surface area contributed by atoms with Crippen molar-refractivity contribution in [1.82, 2.24) is 19.9 Å². The van der Waals surface area contributed by atoms with Gasteiger partial charge in [0.15, 0.2) is 0 Å². The third-order valence-corrected chi connectivity index (χ3v) is 3.88. The number of carbonyl (C=O) groups is 1. The molecule has 1 fully saturated rings. The highest BCUT2D eigenvalue weighted by molar-refractivity contribution is 5.76. The number of ether oxygens (including phenoxy) is 1. The van der Waals surface area contributed by atoms with Gasteiger partial charge < -0.3 is 9.64 Å². The number of morpholine rings is 1. The highest BCUT2D eigenvalue weighted by Crippen LogP contribution is 2.25. The molecule has 1 saturated heterocycles. The van der Waals surface area contributed by atoms with E-state index < -0.39 is 0 Å². The molecule has 122 valence electrons.